The fraction of sp³-hybridized carbons (Fsp3) is 0.409. The highest BCUT2D eigenvalue weighted by molar-refractivity contribution is 5.94. The van der Waals surface area contributed by atoms with Crippen LogP contribution in [0.3, 0.4) is 0 Å². The molecule has 1 fully saturated rings. The zero-order valence-corrected chi connectivity index (χ0v) is 15.4. The van der Waals surface area contributed by atoms with E-state index < -0.39 is 0 Å². The molecule has 0 N–H and O–H groups in total. The highest BCUT2D eigenvalue weighted by Crippen LogP contribution is 2.25. The van der Waals surface area contributed by atoms with E-state index in [2.05, 4.69) is 29.2 Å². The first-order valence-electron chi connectivity index (χ1n) is 9.57. The van der Waals surface area contributed by atoms with E-state index in [0.29, 0.717) is 12.6 Å². The van der Waals surface area contributed by atoms with Crippen LogP contribution in [0.25, 0.3) is 0 Å². The number of amides is 1. The van der Waals surface area contributed by atoms with Crippen LogP contribution in [-0.2, 0) is 13.0 Å². The SMILES string of the molecule is CCOc1ccc(C(=O)N2CCC(N3CCc4ccccc4C3)C2)cc1. The van der Waals surface area contributed by atoms with Gasteiger partial charge in [-0.05, 0) is 55.2 Å². The molecule has 2 aromatic carbocycles. The van der Waals surface area contributed by atoms with Crippen LogP contribution < -0.4 is 4.74 Å². The van der Waals surface area contributed by atoms with Gasteiger partial charge in [-0.25, -0.2) is 0 Å². The average molecular weight is 350 g/mol. The van der Waals surface area contributed by atoms with Gasteiger partial charge in [-0.2, -0.15) is 0 Å². The van der Waals surface area contributed by atoms with Crippen LogP contribution in [0.1, 0.15) is 34.8 Å². The number of hydrogen-bond acceptors (Lipinski definition) is 3. The fourth-order valence-electron chi connectivity index (χ4n) is 4.10. The summed E-state index contributed by atoms with van der Waals surface area (Å²) in [5.41, 5.74) is 3.66. The first-order valence-corrected chi connectivity index (χ1v) is 9.57. The lowest BCUT2D eigenvalue weighted by Crippen LogP contribution is -2.41. The highest BCUT2D eigenvalue weighted by atomic mass is 16.5. The van der Waals surface area contributed by atoms with E-state index in [9.17, 15) is 4.79 Å². The Labute approximate surface area is 155 Å². The van der Waals surface area contributed by atoms with Crippen LogP contribution >= 0.6 is 0 Å². The first-order chi connectivity index (χ1) is 12.7. The summed E-state index contributed by atoms with van der Waals surface area (Å²) in [6.45, 7) is 6.37. The van der Waals surface area contributed by atoms with Crippen LogP contribution in [0, 0.1) is 0 Å². The summed E-state index contributed by atoms with van der Waals surface area (Å²) >= 11 is 0. The molecule has 0 saturated carbocycles. The van der Waals surface area contributed by atoms with Gasteiger partial charge in [0, 0.05) is 37.8 Å². The smallest absolute Gasteiger partial charge is 0.253 e. The number of hydrogen-bond donors (Lipinski definition) is 0. The molecule has 4 nitrogen and oxygen atoms in total. The number of fused-ring (bicyclic) bond motifs is 1. The van der Waals surface area contributed by atoms with Crippen LogP contribution in [0.2, 0.25) is 0 Å². The van der Waals surface area contributed by atoms with Gasteiger partial charge < -0.3 is 9.64 Å². The van der Waals surface area contributed by atoms with Crippen molar-refractivity contribution in [2.24, 2.45) is 0 Å². The van der Waals surface area contributed by atoms with E-state index in [1.54, 1.807) is 0 Å². The van der Waals surface area contributed by atoms with Gasteiger partial charge in [-0.15, -0.1) is 0 Å². The predicted molar refractivity (Wildman–Crippen MR) is 102 cm³/mol. The van der Waals surface area contributed by atoms with Crippen molar-refractivity contribution in [2.45, 2.75) is 32.4 Å². The minimum absolute atomic E-state index is 0.132. The van der Waals surface area contributed by atoms with E-state index >= 15 is 0 Å². The van der Waals surface area contributed by atoms with Crippen molar-refractivity contribution in [3.05, 3.63) is 65.2 Å². The Morgan fingerprint density at radius 1 is 1.08 bits per heavy atom. The minimum atomic E-state index is 0.132. The molecule has 1 amide bonds. The lowest BCUT2D eigenvalue weighted by Gasteiger charge is -2.33. The Hall–Kier alpha value is -2.33. The highest BCUT2D eigenvalue weighted by Gasteiger charge is 2.32. The van der Waals surface area contributed by atoms with E-state index in [1.807, 2.05) is 36.1 Å². The van der Waals surface area contributed by atoms with E-state index in [-0.39, 0.29) is 5.91 Å². The monoisotopic (exact) mass is 350 g/mol. The van der Waals surface area contributed by atoms with Crippen molar-refractivity contribution in [3.8, 4) is 5.75 Å². The molecule has 0 radical (unpaired) electrons. The van der Waals surface area contributed by atoms with Crippen LogP contribution in [0.4, 0.5) is 0 Å². The van der Waals surface area contributed by atoms with Gasteiger partial charge in [-0.1, -0.05) is 24.3 Å². The second-order valence-corrected chi connectivity index (χ2v) is 7.14. The maximum absolute atomic E-state index is 12.8. The lowest BCUT2D eigenvalue weighted by atomic mass is 9.98. The summed E-state index contributed by atoms with van der Waals surface area (Å²) in [5, 5.41) is 0. The normalized spacial score (nSPS) is 20.0. The zero-order valence-electron chi connectivity index (χ0n) is 15.4. The quantitative estimate of drug-likeness (QED) is 0.848. The Morgan fingerprint density at radius 2 is 1.85 bits per heavy atom. The molecule has 4 rings (SSSR count). The molecular weight excluding hydrogens is 324 g/mol. The van der Waals surface area contributed by atoms with Gasteiger partial charge in [0.25, 0.3) is 5.91 Å². The molecule has 2 aliphatic heterocycles. The summed E-state index contributed by atoms with van der Waals surface area (Å²) in [6.07, 6.45) is 2.17. The van der Waals surface area contributed by atoms with Gasteiger partial charge in [0.1, 0.15) is 5.75 Å². The molecule has 0 bridgehead atoms. The predicted octanol–water partition coefficient (Wildman–Crippen LogP) is 3.36. The zero-order chi connectivity index (χ0) is 17.9. The summed E-state index contributed by atoms with van der Waals surface area (Å²) in [5.74, 6) is 0.947. The third-order valence-electron chi connectivity index (χ3n) is 5.54. The molecule has 0 spiro atoms. The summed E-state index contributed by atoms with van der Waals surface area (Å²) in [4.78, 5) is 17.4. The molecule has 0 aromatic heterocycles. The third kappa shape index (κ3) is 3.47. The largest absolute Gasteiger partial charge is 0.494 e. The van der Waals surface area contributed by atoms with E-state index in [0.717, 1.165) is 50.3 Å². The fourth-order valence-corrected chi connectivity index (χ4v) is 4.10. The molecule has 26 heavy (non-hydrogen) atoms. The number of benzene rings is 2. The van der Waals surface area contributed by atoms with Crippen LogP contribution in [0.15, 0.2) is 48.5 Å². The molecule has 136 valence electrons. The van der Waals surface area contributed by atoms with Gasteiger partial charge in [0.15, 0.2) is 0 Å². The average Bonchev–Trinajstić information content (AvgIpc) is 3.18. The molecule has 2 aromatic rings. The van der Waals surface area contributed by atoms with Crippen molar-refractivity contribution in [2.75, 3.05) is 26.2 Å². The summed E-state index contributed by atoms with van der Waals surface area (Å²) in [7, 11) is 0. The standard InChI is InChI=1S/C22H26N2O2/c1-2-26-21-9-7-18(8-10-21)22(25)24-14-12-20(16-24)23-13-11-17-5-3-4-6-19(17)15-23/h3-10,20H,2,11-16H2,1H3. The summed E-state index contributed by atoms with van der Waals surface area (Å²) in [6, 6.07) is 16.7. The number of carbonyl (C=O) groups excluding carboxylic acids is 1. The van der Waals surface area contributed by atoms with Gasteiger partial charge in [0.05, 0.1) is 6.61 Å². The molecule has 0 aliphatic carbocycles. The molecule has 1 saturated heterocycles. The lowest BCUT2D eigenvalue weighted by molar-refractivity contribution is 0.0773. The van der Waals surface area contributed by atoms with Crippen molar-refractivity contribution in [1.82, 2.24) is 9.80 Å². The first kappa shape index (κ1) is 17.1. The van der Waals surface area contributed by atoms with Crippen molar-refractivity contribution < 1.29 is 9.53 Å². The van der Waals surface area contributed by atoms with Crippen LogP contribution in [0.5, 0.6) is 5.75 Å². The van der Waals surface area contributed by atoms with Crippen molar-refractivity contribution in [3.63, 3.8) is 0 Å². The number of carbonyl (C=O) groups is 1. The molecule has 1 unspecified atom stereocenters. The number of likely N-dealkylation sites (tertiary alicyclic amines) is 1. The Bertz CT molecular complexity index is 772. The Morgan fingerprint density at radius 3 is 2.62 bits per heavy atom. The van der Waals surface area contributed by atoms with E-state index in [1.165, 1.54) is 11.1 Å². The Kier molecular flexibility index (Phi) is 4.93. The molecule has 1 atom stereocenters. The summed E-state index contributed by atoms with van der Waals surface area (Å²) < 4.78 is 5.46. The number of rotatable bonds is 4. The van der Waals surface area contributed by atoms with E-state index in [4.69, 9.17) is 4.74 Å². The van der Waals surface area contributed by atoms with Crippen molar-refractivity contribution >= 4 is 5.91 Å². The van der Waals surface area contributed by atoms with Crippen molar-refractivity contribution in [1.29, 1.82) is 0 Å². The molecular formula is C22H26N2O2. The maximum Gasteiger partial charge on any atom is 0.253 e. The van der Waals surface area contributed by atoms with Gasteiger partial charge >= 0.3 is 0 Å². The molecule has 2 aliphatic rings. The third-order valence-corrected chi connectivity index (χ3v) is 5.54. The second kappa shape index (κ2) is 7.50. The molecule has 4 heteroatoms. The Balaban J connectivity index is 1.38. The van der Waals surface area contributed by atoms with Crippen LogP contribution in [-0.4, -0.2) is 48.0 Å². The second-order valence-electron chi connectivity index (χ2n) is 7.14. The topological polar surface area (TPSA) is 32.8 Å². The molecule has 2 heterocycles. The minimum Gasteiger partial charge on any atom is -0.494 e. The van der Waals surface area contributed by atoms with Gasteiger partial charge in [0.2, 0.25) is 0 Å². The van der Waals surface area contributed by atoms with Gasteiger partial charge in [-0.3, -0.25) is 9.69 Å². The number of nitrogens with zero attached hydrogens (tertiary/aromatic N) is 2. The maximum atomic E-state index is 12.8. The number of ether oxygens (including phenoxy) is 1.